The van der Waals surface area contributed by atoms with E-state index in [9.17, 15) is 18.8 Å². The first-order valence-corrected chi connectivity index (χ1v) is 7.10. The average Bonchev–Trinajstić information content (AvgIpc) is 2.80. The van der Waals surface area contributed by atoms with Crippen molar-refractivity contribution in [2.75, 3.05) is 6.54 Å². The number of benzene rings is 2. The predicted octanol–water partition coefficient (Wildman–Crippen LogP) is 2.83. The second-order valence-electron chi connectivity index (χ2n) is 5.12. The average molecular weight is 325 g/mol. The Bertz CT molecular complexity index is 875. The van der Waals surface area contributed by atoms with Gasteiger partial charge in [-0.3, -0.25) is 14.5 Å². The summed E-state index contributed by atoms with van der Waals surface area (Å²) in [6.07, 6.45) is 1.45. The molecule has 0 saturated carbocycles. The quantitative estimate of drug-likeness (QED) is 0.375. The molecule has 0 atom stereocenters. The predicted molar refractivity (Wildman–Crippen MR) is 83.4 cm³/mol. The lowest BCUT2D eigenvalue weighted by atomic mass is 10.1. The maximum absolute atomic E-state index is 13.1. The first kappa shape index (κ1) is 15.6. The van der Waals surface area contributed by atoms with Crippen LogP contribution < -0.4 is 4.74 Å². The lowest BCUT2D eigenvalue weighted by Crippen LogP contribution is -2.29. The number of rotatable bonds is 4. The topological polar surface area (TPSA) is 63.7 Å². The maximum atomic E-state index is 13.1. The Kier molecular flexibility index (Phi) is 3.95. The minimum Gasteiger partial charge on any atom is -0.423 e. The highest BCUT2D eigenvalue weighted by molar-refractivity contribution is 6.22. The Balaban J connectivity index is 1.87. The van der Waals surface area contributed by atoms with Gasteiger partial charge in [0.1, 0.15) is 11.6 Å². The molecule has 0 aromatic heterocycles. The van der Waals surface area contributed by atoms with Crippen LogP contribution in [0, 0.1) is 5.82 Å². The van der Waals surface area contributed by atoms with E-state index in [0.717, 1.165) is 11.0 Å². The van der Waals surface area contributed by atoms with E-state index in [1.807, 2.05) is 0 Å². The van der Waals surface area contributed by atoms with Gasteiger partial charge in [-0.05, 0) is 30.3 Å². The molecule has 0 bridgehead atoms. The smallest absolute Gasteiger partial charge is 0.343 e. The van der Waals surface area contributed by atoms with Crippen LogP contribution in [0.25, 0.3) is 0 Å². The van der Waals surface area contributed by atoms with E-state index < -0.39 is 23.6 Å². The lowest BCUT2D eigenvalue weighted by Gasteiger charge is -2.09. The number of amides is 2. The van der Waals surface area contributed by atoms with Gasteiger partial charge in [-0.2, -0.15) is 0 Å². The highest BCUT2D eigenvalue weighted by atomic mass is 19.1. The van der Waals surface area contributed by atoms with Gasteiger partial charge in [0.25, 0.3) is 11.8 Å². The van der Waals surface area contributed by atoms with Crippen molar-refractivity contribution in [1.29, 1.82) is 0 Å². The third-order valence-corrected chi connectivity index (χ3v) is 3.52. The summed E-state index contributed by atoms with van der Waals surface area (Å²) < 4.78 is 18.2. The number of ether oxygens (including phenoxy) is 1. The Labute approximate surface area is 137 Å². The Morgan fingerprint density at radius 1 is 1.12 bits per heavy atom. The molecule has 6 heteroatoms. The molecule has 0 saturated heterocycles. The van der Waals surface area contributed by atoms with Crippen LogP contribution in [0.2, 0.25) is 0 Å². The Morgan fingerprint density at radius 2 is 1.88 bits per heavy atom. The van der Waals surface area contributed by atoms with E-state index >= 15 is 0 Å². The molecule has 0 spiro atoms. The fraction of sp³-hybridized carbons (Fsp3) is 0.0556. The van der Waals surface area contributed by atoms with Crippen molar-refractivity contribution in [2.24, 2.45) is 0 Å². The van der Waals surface area contributed by atoms with Crippen molar-refractivity contribution in [3.8, 4) is 5.75 Å². The van der Waals surface area contributed by atoms with Gasteiger partial charge in [0.05, 0.1) is 16.7 Å². The van der Waals surface area contributed by atoms with Crippen molar-refractivity contribution in [3.63, 3.8) is 0 Å². The second-order valence-corrected chi connectivity index (χ2v) is 5.12. The van der Waals surface area contributed by atoms with E-state index in [0.29, 0.717) is 0 Å². The van der Waals surface area contributed by atoms with Crippen LogP contribution in [-0.4, -0.2) is 29.2 Å². The van der Waals surface area contributed by atoms with Crippen LogP contribution in [0.15, 0.2) is 55.1 Å². The third-order valence-electron chi connectivity index (χ3n) is 3.52. The summed E-state index contributed by atoms with van der Waals surface area (Å²) in [6.45, 7) is 3.60. The molecule has 1 aliphatic heterocycles. The van der Waals surface area contributed by atoms with Gasteiger partial charge in [-0.1, -0.05) is 12.1 Å². The standard InChI is InChI=1S/C18H12FNO4/c1-2-8-20-16(21)14-7-6-11(9-15(14)17(20)22)18(23)24-13-5-3-4-12(19)10-13/h2-7,9-10H,1,8H2. The van der Waals surface area contributed by atoms with E-state index in [-0.39, 0.29) is 29.0 Å². The first-order valence-electron chi connectivity index (χ1n) is 7.10. The first-order chi connectivity index (χ1) is 11.5. The van der Waals surface area contributed by atoms with Gasteiger partial charge < -0.3 is 4.74 Å². The molecule has 0 radical (unpaired) electrons. The Morgan fingerprint density at radius 3 is 2.58 bits per heavy atom. The van der Waals surface area contributed by atoms with Crippen molar-refractivity contribution in [2.45, 2.75) is 0 Å². The minimum atomic E-state index is -0.745. The van der Waals surface area contributed by atoms with Crippen LogP contribution >= 0.6 is 0 Å². The molecule has 0 N–H and O–H groups in total. The minimum absolute atomic E-state index is 0.0520. The summed E-state index contributed by atoms with van der Waals surface area (Å²) in [6, 6.07) is 9.26. The van der Waals surface area contributed by atoms with Crippen molar-refractivity contribution in [1.82, 2.24) is 4.90 Å². The van der Waals surface area contributed by atoms with E-state index in [1.54, 1.807) is 0 Å². The van der Waals surface area contributed by atoms with E-state index in [2.05, 4.69) is 6.58 Å². The van der Waals surface area contributed by atoms with Gasteiger partial charge in [-0.25, -0.2) is 9.18 Å². The van der Waals surface area contributed by atoms with E-state index in [4.69, 9.17) is 4.74 Å². The molecular weight excluding hydrogens is 313 g/mol. The van der Waals surface area contributed by atoms with Crippen molar-refractivity contribution >= 4 is 17.8 Å². The number of hydrogen-bond acceptors (Lipinski definition) is 4. The zero-order valence-corrected chi connectivity index (χ0v) is 12.5. The number of carbonyl (C=O) groups excluding carboxylic acids is 3. The summed E-state index contributed by atoms with van der Waals surface area (Å²) in [4.78, 5) is 37.5. The molecule has 1 aliphatic rings. The van der Waals surface area contributed by atoms with Crippen LogP contribution in [0.3, 0.4) is 0 Å². The third kappa shape index (κ3) is 2.69. The summed E-state index contributed by atoms with van der Waals surface area (Å²) in [5.74, 6) is -2.15. The number of nitrogens with zero attached hydrogens (tertiary/aromatic N) is 1. The SMILES string of the molecule is C=CCN1C(=O)c2ccc(C(=O)Oc3cccc(F)c3)cc2C1=O. The van der Waals surface area contributed by atoms with Gasteiger partial charge in [0.15, 0.2) is 0 Å². The Hall–Kier alpha value is -3.28. The number of carbonyl (C=O) groups is 3. The highest BCUT2D eigenvalue weighted by Gasteiger charge is 2.35. The lowest BCUT2D eigenvalue weighted by molar-refractivity contribution is 0.0671. The van der Waals surface area contributed by atoms with Crippen LogP contribution in [0.1, 0.15) is 31.1 Å². The van der Waals surface area contributed by atoms with Crippen molar-refractivity contribution in [3.05, 3.63) is 77.6 Å². The molecular formula is C18H12FNO4. The summed E-state index contributed by atoms with van der Waals surface area (Å²) in [5.41, 5.74) is 0.458. The molecule has 0 aliphatic carbocycles. The number of esters is 1. The summed E-state index contributed by atoms with van der Waals surface area (Å²) in [7, 11) is 0. The summed E-state index contributed by atoms with van der Waals surface area (Å²) >= 11 is 0. The van der Waals surface area contributed by atoms with Gasteiger partial charge in [-0.15, -0.1) is 6.58 Å². The molecule has 0 fully saturated rings. The van der Waals surface area contributed by atoms with Crippen LogP contribution in [0.4, 0.5) is 4.39 Å². The maximum Gasteiger partial charge on any atom is 0.343 e. The van der Waals surface area contributed by atoms with Crippen LogP contribution in [-0.2, 0) is 0 Å². The number of hydrogen-bond donors (Lipinski definition) is 0. The summed E-state index contributed by atoms with van der Waals surface area (Å²) in [5, 5.41) is 0. The number of fused-ring (bicyclic) bond motifs is 1. The fourth-order valence-electron chi connectivity index (χ4n) is 2.41. The van der Waals surface area contributed by atoms with Gasteiger partial charge >= 0.3 is 5.97 Å². The molecule has 2 aromatic rings. The molecule has 2 aromatic carbocycles. The number of imide groups is 1. The molecule has 0 unspecified atom stereocenters. The zero-order valence-electron chi connectivity index (χ0n) is 12.5. The van der Waals surface area contributed by atoms with E-state index in [1.165, 1.54) is 42.5 Å². The highest BCUT2D eigenvalue weighted by Crippen LogP contribution is 2.24. The molecule has 3 rings (SSSR count). The second kappa shape index (κ2) is 6.08. The molecule has 1 heterocycles. The van der Waals surface area contributed by atoms with Gasteiger partial charge in [0, 0.05) is 12.6 Å². The van der Waals surface area contributed by atoms with Crippen LogP contribution in [0.5, 0.6) is 5.75 Å². The normalized spacial score (nSPS) is 13.0. The molecule has 5 nitrogen and oxygen atoms in total. The molecule has 24 heavy (non-hydrogen) atoms. The molecule has 2 amide bonds. The molecule has 120 valence electrons. The number of halogens is 1. The van der Waals surface area contributed by atoms with Gasteiger partial charge in [0.2, 0.25) is 0 Å². The zero-order chi connectivity index (χ0) is 17.3. The van der Waals surface area contributed by atoms with Crippen molar-refractivity contribution < 1.29 is 23.5 Å². The largest absolute Gasteiger partial charge is 0.423 e. The fourth-order valence-corrected chi connectivity index (χ4v) is 2.41. The monoisotopic (exact) mass is 325 g/mol.